The molecule has 0 saturated carbocycles. The molecule has 0 spiro atoms. The van der Waals surface area contributed by atoms with Crippen molar-refractivity contribution in [3.63, 3.8) is 0 Å². The summed E-state index contributed by atoms with van der Waals surface area (Å²) in [5, 5.41) is 9.39. The van der Waals surface area contributed by atoms with Crippen LogP contribution in [0.1, 0.15) is 58.9 Å². The maximum Gasteiger partial charge on any atom is 0.145 e. The largest absolute Gasteiger partial charge is 0.390 e. The molecule has 0 aromatic heterocycles. The molecule has 0 fully saturated rings. The molecule has 0 bridgehead atoms. The predicted molar refractivity (Wildman–Crippen MR) is 96.2 cm³/mol. The zero-order chi connectivity index (χ0) is 17.7. The number of aliphatic hydroxyl groups is 1. The minimum atomic E-state index is -0.555. The summed E-state index contributed by atoms with van der Waals surface area (Å²) in [5.74, 6) is 0.463. The van der Waals surface area contributed by atoms with E-state index in [0.29, 0.717) is 12.3 Å². The molecule has 0 aliphatic carbocycles. The molecule has 0 aliphatic rings. The molecular formula is C20H30O3. The van der Waals surface area contributed by atoms with E-state index in [1.807, 2.05) is 50.3 Å². The highest BCUT2D eigenvalue weighted by Gasteiger charge is 2.12. The first-order valence-electron chi connectivity index (χ1n) is 8.13. The second-order valence-electron chi connectivity index (χ2n) is 6.63. The summed E-state index contributed by atoms with van der Waals surface area (Å²) in [5.41, 5.74) is 1.26. The van der Waals surface area contributed by atoms with Crippen LogP contribution in [-0.2, 0) is 9.59 Å². The van der Waals surface area contributed by atoms with Gasteiger partial charge in [0.1, 0.15) is 12.6 Å². The minimum Gasteiger partial charge on any atom is -0.390 e. The first kappa shape index (κ1) is 21.3. The molecule has 3 nitrogen and oxygen atoms in total. The van der Waals surface area contributed by atoms with Crippen LogP contribution in [0, 0.1) is 5.92 Å². The van der Waals surface area contributed by atoms with Crippen LogP contribution < -0.4 is 0 Å². The van der Waals surface area contributed by atoms with Crippen molar-refractivity contribution in [3.05, 3.63) is 41.5 Å². The van der Waals surface area contributed by atoms with Crippen molar-refractivity contribution in [1.29, 1.82) is 0 Å². The Hall–Kier alpha value is -1.74. The van der Waals surface area contributed by atoms with Crippen molar-refractivity contribution in [2.24, 2.45) is 5.92 Å². The number of carbonyl (C=O) groups excluding carboxylic acids is 2. The molecular weight excluding hydrogens is 288 g/mol. The van der Waals surface area contributed by atoms with Crippen molar-refractivity contribution in [2.75, 3.05) is 0 Å². The van der Waals surface area contributed by atoms with Gasteiger partial charge in [-0.05, 0) is 50.3 Å². The average molecular weight is 318 g/mol. The van der Waals surface area contributed by atoms with Crippen LogP contribution >= 0.6 is 0 Å². The quantitative estimate of drug-likeness (QED) is 0.569. The molecule has 1 rings (SSSR count). The molecule has 0 aliphatic heterocycles. The third kappa shape index (κ3) is 13.6. The number of hydrogen-bond acceptors (Lipinski definition) is 3. The first-order chi connectivity index (χ1) is 10.8. The van der Waals surface area contributed by atoms with Gasteiger partial charge in [0.15, 0.2) is 0 Å². The number of benzene rings is 1. The van der Waals surface area contributed by atoms with E-state index in [4.69, 9.17) is 0 Å². The van der Waals surface area contributed by atoms with E-state index in [2.05, 4.69) is 6.92 Å². The normalized spacial score (nSPS) is 12.8. The SMILES string of the molecule is CC(C=O)=Cc1ccccc1.CC(CC=O)CCCC(C)(C)O. The number of allylic oxidation sites excluding steroid dienone is 1. The first-order valence-corrected chi connectivity index (χ1v) is 8.13. The lowest BCUT2D eigenvalue weighted by Crippen LogP contribution is -2.18. The Bertz CT molecular complexity index is 469. The predicted octanol–water partition coefficient (Wildman–Crippen LogP) is 4.44. The minimum absolute atomic E-state index is 0.463. The summed E-state index contributed by atoms with van der Waals surface area (Å²) < 4.78 is 0. The summed E-state index contributed by atoms with van der Waals surface area (Å²) >= 11 is 0. The van der Waals surface area contributed by atoms with Crippen LogP contribution in [0.5, 0.6) is 0 Å². The molecule has 23 heavy (non-hydrogen) atoms. The molecule has 0 amide bonds. The highest BCUT2D eigenvalue weighted by atomic mass is 16.3. The topological polar surface area (TPSA) is 54.4 Å². The fraction of sp³-hybridized carbons (Fsp3) is 0.500. The van der Waals surface area contributed by atoms with Crippen molar-refractivity contribution in [3.8, 4) is 0 Å². The summed E-state index contributed by atoms with van der Waals surface area (Å²) in [6.45, 7) is 7.49. The smallest absolute Gasteiger partial charge is 0.145 e. The molecule has 3 heteroatoms. The van der Waals surface area contributed by atoms with Crippen LogP contribution in [0.25, 0.3) is 6.08 Å². The second kappa shape index (κ2) is 11.8. The Morgan fingerprint density at radius 2 is 1.83 bits per heavy atom. The van der Waals surface area contributed by atoms with Gasteiger partial charge in [-0.3, -0.25) is 4.79 Å². The maximum absolute atomic E-state index is 10.2. The van der Waals surface area contributed by atoms with Gasteiger partial charge in [-0.2, -0.15) is 0 Å². The molecule has 128 valence electrons. The lowest BCUT2D eigenvalue weighted by atomic mass is 9.96. The summed E-state index contributed by atoms with van der Waals surface area (Å²) in [6.07, 6.45) is 7.16. The lowest BCUT2D eigenvalue weighted by Gasteiger charge is -2.17. The molecule has 1 aromatic carbocycles. The van der Waals surface area contributed by atoms with Crippen LogP contribution in [0.2, 0.25) is 0 Å². The van der Waals surface area contributed by atoms with E-state index in [-0.39, 0.29) is 0 Å². The monoisotopic (exact) mass is 318 g/mol. The molecule has 0 saturated heterocycles. The van der Waals surface area contributed by atoms with Crippen molar-refractivity contribution >= 4 is 18.6 Å². The van der Waals surface area contributed by atoms with Gasteiger partial charge < -0.3 is 9.90 Å². The van der Waals surface area contributed by atoms with Gasteiger partial charge in [0.05, 0.1) is 5.60 Å². The Labute approximate surface area is 140 Å². The summed E-state index contributed by atoms with van der Waals surface area (Å²) in [4.78, 5) is 20.4. The fourth-order valence-electron chi connectivity index (χ4n) is 2.01. The second-order valence-corrected chi connectivity index (χ2v) is 6.63. The van der Waals surface area contributed by atoms with Gasteiger partial charge in [-0.1, -0.05) is 50.1 Å². The number of hydrogen-bond donors (Lipinski definition) is 1. The molecule has 0 heterocycles. The van der Waals surface area contributed by atoms with E-state index in [9.17, 15) is 14.7 Å². The number of carbonyl (C=O) groups is 2. The third-order valence-corrected chi connectivity index (χ3v) is 3.36. The average Bonchev–Trinajstić information content (AvgIpc) is 2.48. The zero-order valence-electron chi connectivity index (χ0n) is 14.8. The van der Waals surface area contributed by atoms with E-state index < -0.39 is 5.60 Å². The molecule has 1 N–H and O–H groups in total. The van der Waals surface area contributed by atoms with Gasteiger partial charge in [-0.25, -0.2) is 0 Å². The molecule has 0 radical (unpaired) electrons. The standard InChI is InChI=1S/C10H20O2.C10H10O/c1-9(6-8-11)5-4-7-10(2,3)12;1-9(8-11)7-10-5-3-2-4-6-10/h8-9,12H,4-7H2,1-3H3;2-8H,1H3. The van der Waals surface area contributed by atoms with Gasteiger partial charge in [0, 0.05) is 6.42 Å². The molecule has 1 unspecified atom stereocenters. The van der Waals surface area contributed by atoms with E-state index in [1.165, 1.54) is 0 Å². The van der Waals surface area contributed by atoms with E-state index in [0.717, 1.165) is 43.0 Å². The van der Waals surface area contributed by atoms with Gasteiger partial charge in [-0.15, -0.1) is 0 Å². The van der Waals surface area contributed by atoms with Crippen LogP contribution in [0.15, 0.2) is 35.9 Å². The Balaban J connectivity index is 0.000000422. The van der Waals surface area contributed by atoms with Crippen LogP contribution in [-0.4, -0.2) is 23.3 Å². The van der Waals surface area contributed by atoms with E-state index >= 15 is 0 Å². The highest BCUT2D eigenvalue weighted by molar-refractivity contribution is 5.80. The van der Waals surface area contributed by atoms with Crippen molar-refractivity contribution in [1.82, 2.24) is 0 Å². The van der Waals surface area contributed by atoms with Crippen molar-refractivity contribution in [2.45, 2.75) is 59.0 Å². The fourth-order valence-corrected chi connectivity index (χ4v) is 2.01. The Morgan fingerprint density at radius 3 is 2.30 bits per heavy atom. The maximum atomic E-state index is 10.2. The molecule has 1 atom stereocenters. The third-order valence-electron chi connectivity index (χ3n) is 3.36. The van der Waals surface area contributed by atoms with Gasteiger partial charge in [0.25, 0.3) is 0 Å². The van der Waals surface area contributed by atoms with Crippen LogP contribution in [0.4, 0.5) is 0 Å². The Kier molecular flexibility index (Phi) is 10.9. The van der Waals surface area contributed by atoms with Crippen LogP contribution in [0.3, 0.4) is 0 Å². The van der Waals surface area contributed by atoms with Gasteiger partial charge >= 0.3 is 0 Å². The van der Waals surface area contributed by atoms with Crippen molar-refractivity contribution < 1.29 is 14.7 Å². The highest BCUT2D eigenvalue weighted by Crippen LogP contribution is 2.16. The summed E-state index contributed by atoms with van der Waals surface area (Å²) in [6, 6.07) is 9.78. The Morgan fingerprint density at radius 1 is 1.22 bits per heavy atom. The zero-order valence-corrected chi connectivity index (χ0v) is 14.8. The molecule has 1 aromatic rings. The number of aldehydes is 2. The summed E-state index contributed by atoms with van der Waals surface area (Å²) in [7, 11) is 0. The number of rotatable bonds is 8. The lowest BCUT2D eigenvalue weighted by molar-refractivity contribution is -0.108. The van der Waals surface area contributed by atoms with Gasteiger partial charge in [0.2, 0.25) is 0 Å². The van der Waals surface area contributed by atoms with E-state index in [1.54, 1.807) is 6.92 Å².